The van der Waals surface area contributed by atoms with Crippen LogP contribution < -0.4 is 14.4 Å². The van der Waals surface area contributed by atoms with Crippen molar-refractivity contribution in [2.45, 2.75) is 37.5 Å². The summed E-state index contributed by atoms with van der Waals surface area (Å²) >= 11 is 0. The highest BCUT2D eigenvalue weighted by molar-refractivity contribution is 5.94. The van der Waals surface area contributed by atoms with Crippen LogP contribution in [-0.2, 0) is 0 Å². The van der Waals surface area contributed by atoms with Crippen molar-refractivity contribution in [2.75, 3.05) is 32.2 Å². The van der Waals surface area contributed by atoms with Crippen LogP contribution >= 0.6 is 0 Å². The number of piperidine rings is 1. The summed E-state index contributed by atoms with van der Waals surface area (Å²) in [4.78, 5) is 11.6. The molecule has 0 atom stereocenters. The van der Waals surface area contributed by atoms with E-state index in [2.05, 4.69) is 26.1 Å². The van der Waals surface area contributed by atoms with Crippen molar-refractivity contribution in [3.63, 3.8) is 0 Å². The van der Waals surface area contributed by atoms with E-state index in [9.17, 15) is 0 Å². The highest BCUT2D eigenvalue weighted by Gasteiger charge is 2.29. The third-order valence-corrected chi connectivity index (χ3v) is 6.00. The fourth-order valence-electron chi connectivity index (χ4n) is 4.17. The van der Waals surface area contributed by atoms with E-state index < -0.39 is 0 Å². The normalized spacial score (nSPS) is 17.5. The minimum absolute atomic E-state index is 0.476. The maximum absolute atomic E-state index is 5.49. The van der Waals surface area contributed by atoms with Gasteiger partial charge in [0.25, 0.3) is 0 Å². The lowest BCUT2D eigenvalue weighted by Gasteiger charge is -2.33. The SMILES string of the molecule is COc1cc2cnnc(N3CCC(c4ccnc(C5CC5)n4)CC3)c2cc1OC. The summed E-state index contributed by atoms with van der Waals surface area (Å²) in [5, 5.41) is 10.7. The minimum Gasteiger partial charge on any atom is -0.493 e. The first-order valence-corrected chi connectivity index (χ1v) is 10.2. The molecule has 5 rings (SSSR count). The lowest BCUT2D eigenvalue weighted by atomic mass is 9.93. The second-order valence-electron chi connectivity index (χ2n) is 7.84. The zero-order valence-corrected chi connectivity index (χ0v) is 16.8. The molecule has 2 aliphatic rings. The molecule has 1 aliphatic heterocycles. The third-order valence-electron chi connectivity index (χ3n) is 6.00. The molecular weight excluding hydrogens is 366 g/mol. The summed E-state index contributed by atoms with van der Waals surface area (Å²) in [6, 6.07) is 6.04. The van der Waals surface area contributed by atoms with Gasteiger partial charge in [-0.3, -0.25) is 0 Å². The second kappa shape index (κ2) is 7.46. The number of benzene rings is 1. The van der Waals surface area contributed by atoms with Crippen LogP contribution in [0.15, 0.2) is 30.6 Å². The highest BCUT2D eigenvalue weighted by Crippen LogP contribution is 2.39. The van der Waals surface area contributed by atoms with Crippen molar-refractivity contribution in [3.05, 3.63) is 42.1 Å². The molecule has 3 aromatic rings. The van der Waals surface area contributed by atoms with Crippen molar-refractivity contribution >= 4 is 16.6 Å². The monoisotopic (exact) mass is 391 g/mol. The van der Waals surface area contributed by atoms with Gasteiger partial charge in [-0.15, -0.1) is 5.10 Å². The number of rotatable bonds is 5. The Kier molecular flexibility index (Phi) is 4.66. The van der Waals surface area contributed by atoms with Crippen molar-refractivity contribution in [1.82, 2.24) is 20.2 Å². The quantitative estimate of drug-likeness (QED) is 0.656. The fraction of sp³-hybridized carbons (Fsp3) is 0.455. The van der Waals surface area contributed by atoms with Crippen molar-refractivity contribution < 1.29 is 9.47 Å². The van der Waals surface area contributed by atoms with E-state index in [-0.39, 0.29) is 0 Å². The summed E-state index contributed by atoms with van der Waals surface area (Å²) in [6.45, 7) is 1.85. The van der Waals surface area contributed by atoms with Gasteiger partial charge in [0, 0.05) is 47.6 Å². The first-order chi connectivity index (χ1) is 14.3. The lowest BCUT2D eigenvalue weighted by Crippen LogP contribution is -2.34. The molecule has 0 bridgehead atoms. The molecule has 150 valence electrons. The number of hydrogen-bond donors (Lipinski definition) is 0. The molecule has 2 aromatic heterocycles. The molecule has 0 N–H and O–H groups in total. The Morgan fingerprint density at radius 3 is 2.45 bits per heavy atom. The molecule has 7 nitrogen and oxygen atoms in total. The number of methoxy groups -OCH3 is 2. The van der Waals surface area contributed by atoms with Crippen molar-refractivity contribution in [1.29, 1.82) is 0 Å². The third kappa shape index (κ3) is 3.45. The lowest BCUT2D eigenvalue weighted by molar-refractivity contribution is 0.356. The van der Waals surface area contributed by atoms with Crippen LogP contribution in [0.5, 0.6) is 11.5 Å². The van der Waals surface area contributed by atoms with Gasteiger partial charge in [0.05, 0.1) is 20.4 Å². The van der Waals surface area contributed by atoms with Crippen LogP contribution in [0, 0.1) is 0 Å². The summed E-state index contributed by atoms with van der Waals surface area (Å²) in [5.74, 6) is 4.41. The Balaban J connectivity index is 1.38. The van der Waals surface area contributed by atoms with Crippen LogP contribution in [0.2, 0.25) is 0 Å². The van der Waals surface area contributed by atoms with Gasteiger partial charge in [0.2, 0.25) is 0 Å². The molecule has 1 saturated carbocycles. The molecule has 1 aromatic carbocycles. The average Bonchev–Trinajstić information content (AvgIpc) is 3.63. The predicted molar refractivity (Wildman–Crippen MR) is 111 cm³/mol. The van der Waals surface area contributed by atoms with E-state index in [1.807, 2.05) is 18.3 Å². The zero-order chi connectivity index (χ0) is 19.8. The molecule has 1 aliphatic carbocycles. The van der Waals surface area contributed by atoms with Crippen LogP contribution in [0.4, 0.5) is 5.82 Å². The maximum Gasteiger partial charge on any atom is 0.161 e. The molecule has 0 radical (unpaired) electrons. The number of aromatic nitrogens is 4. The first-order valence-electron chi connectivity index (χ1n) is 10.2. The molecule has 0 amide bonds. The topological polar surface area (TPSA) is 73.3 Å². The second-order valence-corrected chi connectivity index (χ2v) is 7.84. The maximum atomic E-state index is 5.49. The summed E-state index contributed by atoms with van der Waals surface area (Å²) in [5.41, 5.74) is 1.19. The van der Waals surface area contributed by atoms with Crippen LogP contribution in [0.3, 0.4) is 0 Å². The highest BCUT2D eigenvalue weighted by atomic mass is 16.5. The molecule has 3 heterocycles. The smallest absolute Gasteiger partial charge is 0.161 e. The van der Waals surface area contributed by atoms with Gasteiger partial charge < -0.3 is 14.4 Å². The van der Waals surface area contributed by atoms with Gasteiger partial charge in [-0.25, -0.2) is 9.97 Å². The summed E-state index contributed by atoms with van der Waals surface area (Å²) in [7, 11) is 3.30. The summed E-state index contributed by atoms with van der Waals surface area (Å²) < 4.78 is 10.9. The average molecular weight is 391 g/mol. The standard InChI is InChI=1S/C22H25N5O2/c1-28-19-11-16-13-24-26-22(17(16)12-20(19)29-2)27-9-6-14(7-10-27)18-5-8-23-21(25-18)15-3-4-15/h5,8,11-15H,3-4,6-7,9-10H2,1-2H3. The molecule has 1 saturated heterocycles. The molecule has 0 unspecified atom stereocenters. The number of anilines is 1. The predicted octanol–water partition coefficient (Wildman–Crippen LogP) is 3.70. The van der Waals surface area contributed by atoms with E-state index in [1.54, 1.807) is 20.4 Å². The van der Waals surface area contributed by atoms with Crippen LogP contribution in [0.25, 0.3) is 10.8 Å². The van der Waals surface area contributed by atoms with Gasteiger partial charge >= 0.3 is 0 Å². The Hall–Kier alpha value is -2.96. The van der Waals surface area contributed by atoms with E-state index in [0.29, 0.717) is 23.3 Å². The molecule has 29 heavy (non-hydrogen) atoms. The van der Waals surface area contributed by atoms with Crippen molar-refractivity contribution in [2.24, 2.45) is 0 Å². The number of fused-ring (bicyclic) bond motifs is 1. The van der Waals surface area contributed by atoms with Crippen LogP contribution in [0.1, 0.15) is 49.0 Å². The van der Waals surface area contributed by atoms with Crippen LogP contribution in [-0.4, -0.2) is 47.5 Å². The van der Waals surface area contributed by atoms with Gasteiger partial charge in [-0.1, -0.05) is 0 Å². The molecule has 0 spiro atoms. The van der Waals surface area contributed by atoms with E-state index >= 15 is 0 Å². The van der Waals surface area contributed by atoms with Gasteiger partial charge in [0.15, 0.2) is 17.3 Å². The van der Waals surface area contributed by atoms with Gasteiger partial charge in [0.1, 0.15) is 5.82 Å². The first kappa shape index (κ1) is 18.1. The Morgan fingerprint density at radius 1 is 0.966 bits per heavy atom. The molecular formula is C22H25N5O2. The van der Waals surface area contributed by atoms with E-state index in [0.717, 1.165) is 48.3 Å². The number of ether oxygens (including phenoxy) is 2. The van der Waals surface area contributed by atoms with Crippen molar-refractivity contribution in [3.8, 4) is 11.5 Å². The minimum atomic E-state index is 0.476. The van der Waals surface area contributed by atoms with E-state index in [1.165, 1.54) is 18.5 Å². The molecule has 2 fully saturated rings. The van der Waals surface area contributed by atoms with Gasteiger partial charge in [-0.05, 0) is 43.9 Å². The zero-order valence-electron chi connectivity index (χ0n) is 16.8. The Labute approximate surface area is 170 Å². The Morgan fingerprint density at radius 2 is 1.72 bits per heavy atom. The number of hydrogen-bond acceptors (Lipinski definition) is 7. The Bertz CT molecular complexity index is 1030. The largest absolute Gasteiger partial charge is 0.493 e. The van der Waals surface area contributed by atoms with E-state index in [4.69, 9.17) is 14.5 Å². The fourth-order valence-corrected chi connectivity index (χ4v) is 4.17. The molecule has 7 heteroatoms. The van der Waals surface area contributed by atoms with Gasteiger partial charge in [-0.2, -0.15) is 5.10 Å². The number of nitrogens with zero attached hydrogens (tertiary/aromatic N) is 5. The summed E-state index contributed by atoms with van der Waals surface area (Å²) in [6.07, 6.45) is 8.26.